The Morgan fingerprint density at radius 3 is 1.79 bits per heavy atom. The Morgan fingerprint density at radius 2 is 1.22 bits per heavy atom. The lowest BCUT2D eigenvalue weighted by molar-refractivity contribution is -0.144. The zero-order valence-electron chi connectivity index (χ0n) is 45.6. The third-order valence-corrected chi connectivity index (χ3v) is 13.6. The second-order valence-electron chi connectivity index (χ2n) is 20.0. The van der Waals surface area contributed by atoms with Crippen LogP contribution in [0.3, 0.4) is 0 Å². The van der Waals surface area contributed by atoms with Crippen molar-refractivity contribution in [3.63, 3.8) is 0 Å². The van der Waals surface area contributed by atoms with Crippen molar-refractivity contribution >= 4 is 65.1 Å². The third kappa shape index (κ3) is 20.9. The summed E-state index contributed by atoms with van der Waals surface area (Å²) in [6.45, 7) is 11.2. The predicted octanol–water partition coefficient (Wildman–Crippen LogP) is -1.46. The Bertz CT molecular complexity index is 2400. The fraction of sp³-hybridized carbons (Fsp3) is 0.566. The lowest BCUT2D eigenvalue weighted by Crippen LogP contribution is -2.61. The molecule has 2 aromatic rings. The fourth-order valence-electron chi connectivity index (χ4n) is 8.33. The minimum Gasteiger partial charge on any atom is -0.508 e. The number of nitrogens with one attached hydrogen (secondary N) is 8. The number of nitrogens with two attached hydrogens (primary N) is 3. The van der Waals surface area contributed by atoms with Gasteiger partial charge in [-0.25, -0.2) is 4.79 Å². The molecule has 16 N–H and O–H groups in total. The number of aromatic hydroxyl groups is 1. The molecule has 0 aromatic heterocycles. The van der Waals surface area contributed by atoms with E-state index in [4.69, 9.17) is 17.2 Å². The summed E-state index contributed by atoms with van der Waals surface area (Å²) in [5, 5.41) is 40.6. The molecular formula is C53H81N13O12. The quantitative estimate of drug-likeness (QED) is 0.0233. The Morgan fingerprint density at radius 1 is 0.654 bits per heavy atom. The van der Waals surface area contributed by atoms with Crippen LogP contribution in [0.1, 0.15) is 98.1 Å². The number of guanidine groups is 1. The summed E-state index contributed by atoms with van der Waals surface area (Å²) in [6, 6.07) is 4.83. The molecule has 1 fully saturated rings. The molecule has 0 radical (unpaired) electrons. The standard InChI is InChI=1S/C53H81N13O12/c1-8-30(5)42(54)50(75)59-28-41(69)66-24-14-18-39(66)49(74)58-27-40(68)61-36(17-13-23-57-53(55)56)46(71)60-32(7)45(70)62-37(25-33-15-11-10-12-16-33)47(72)63-38(26-34-19-21-35(67)22-20-34)48(73)64-43(29(3)4)51(76)65-44(52(77)78)31(6)9-2/h10-12,15-16,19-22,29-32,36-39,42-44,67H,8-9,13-14,17-18,23-28,54H2,1-7H3,(H,58,74)(H,59,75)(H,60,71)(H,61,68)(H,62,70)(H,63,72)(H,64,73)(H,65,76)(H,77,78)(H4,55,56,57)/t30-,31-,32-,36-,37-,38-,39-,42-,43-,44-/m0/s1. The molecule has 1 saturated heterocycles. The van der Waals surface area contributed by atoms with Crippen LogP contribution in [0.5, 0.6) is 5.75 Å². The molecule has 0 unspecified atom stereocenters. The molecule has 2 aromatic carbocycles. The highest BCUT2D eigenvalue weighted by molar-refractivity contribution is 5.98. The van der Waals surface area contributed by atoms with Crippen LogP contribution >= 0.6 is 0 Å². The van der Waals surface area contributed by atoms with Crippen LogP contribution in [-0.4, -0.2) is 155 Å². The molecule has 9 amide bonds. The number of aliphatic carboxylic acids is 1. The summed E-state index contributed by atoms with van der Waals surface area (Å²) in [4.78, 5) is 140. The van der Waals surface area contributed by atoms with Crippen molar-refractivity contribution in [1.82, 2.24) is 47.4 Å². The van der Waals surface area contributed by atoms with Crippen molar-refractivity contribution < 1.29 is 58.2 Å². The van der Waals surface area contributed by atoms with Crippen molar-refractivity contribution in [1.29, 1.82) is 0 Å². The number of benzene rings is 2. The SMILES string of the molecule is CC[C@H](C)[C@H](N)C(=O)NCC(=O)N1CCC[C@H]1C(=O)NCC(=O)N[C@@H](CCCN=C(N)N)C(=O)N[C@@H](C)C(=O)N[C@@H](Cc1ccccc1)C(=O)N[C@@H](Cc1ccc(O)cc1)C(=O)N[C@H](C(=O)N[C@H](C(=O)O)[C@@H](C)CC)C(C)C. The maximum atomic E-state index is 14.4. The van der Waals surface area contributed by atoms with Crippen LogP contribution in [0.25, 0.3) is 0 Å². The molecule has 0 spiro atoms. The molecule has 0 aliphatic carbocycles. The van der Waals surface area contributed by atoms with Crippen molar-refractivity contribution in [3.05, 3.63) is 65.7 Å². The molecule has 3 rings (SSSR count). The average Bonchev–Trinajstić information content (AvgIpc) is 3.92. The zero-order valence-corrected chi connectivity index (χ0v) is 45.6. The first-order chi connectivity index (χ1) is 36.9. The van der Waals surface area contributed by atoms with Crippen molar-refractivity contribution in [2.75, 3.05) is 26.2 Å². The summed E-state index contributed by atoms with van der Waals surface area (Å²) in [5.41, 5.74) is 18.0. The topological polar surface area (TPSA) is 401 Å². The molecule has 430 valence electrons. The van der Waals surface area contributed by atoms with Gasteiger partial charge in [0.05, 0.1) is 19.1 Å². The van der Waals surface area contributed by atoms with E-state index < -0.39 is 126 Å². The van der Waals surface area contributed by atoms with Crippen LogP contribution in [0.4, 0.5) is 0 Å². The van der Waals surface area contributed by atoms with E-state index in [0.717, 1.165) is 0 Å². The number of phenols is 1. The van der Waals surface area contributed by atoms with Gasteiger partial charge in [-0.2, -0.15) is 0 Å². The lowest BCUT2D eigenvalue weighted by atomic mass is 9.96. The minimum atomic E-state index is -1.39. The normalized spacial score (nSPS) is 16.5. The monoisotopic (exact) mass is 1090 g/mol. The molecule has 10 atom stereocenters. The van der Waals surface area contributed by atoms with E-state index in [1.807, 2.05) is 13.8 Å². The van der Waals surface area contributed by atoms with E-state index in [1.165, 1.54) is 36.1 Å². The second-order valence-corrected chi connectivity index (χ2v) is 20.0. The highest BCUT2D eigenvalue weighted by atomic mass is 16.4. The Hall–Kier alpha value is -7.83. The number of carbonyl (C=O) groups excluding carboxylic acids is 9. The van der Waals surface area contributed by atoms with Gasteiger partial charge in [0.15, 0.2) is 5.96 Å². The molecule has 1 heterocycles. The van der Waals surface area contributed by atoms with Crippen molar-refractivity contribution in [2.24, 2.45) is 39.9 Å². The van der Waals surface area contributed by atoms with Gasteiger partial charge in [0, 0.05) is 25.9 Å². The highest BCUT2D eigenvalue weighted by Crippen LogP contribution is 2.18. The molecule has 25 heteroatoms. The van der Waals surface area contributed by atoms with Gasteiger partial charge in [-0.3, -0.25) is 48.1 Å². The van der Waals surface area contributed by atoms with Gasteiger partial charge in [0.25, 0.3) is 0 Å². The van der Waals surface area contributed by atoms with E-state index in [0.29, 0.717) is 36.8 Å². The first-order valence-electron chi connectivity index (χ1n) is 26.4. The number of carboxylic acid groups (broad SMARTS) is 1. The van der Waals surface area contributed by atoms with Crippen molar-refractivity contribution in [2.45, 2.75) is 148 Å². The molecule has 0 bridgehead atoms. The molecule has 1 aliphatic rings. The van der Waals surface area contributed by atoms with Gasteiger partial charge in [0.1, 0.15) is 48.0 Å². The summed E-state index contributed by atoms with van der Waals surface area (Å²) in [7, 11) is 0. The van der Waals surface area contributed by atoms with E-state index in [2.05, 4.69) is 47.5 Å². The summed E-state index contributed by atoms with van der Waals surface area (Å²) in [6.07, 6.45) is 1.80. The first kappa shape index (κ1) is 64.5. The van der Waals surface area contributed by atoms with E-state index in [1.54, 1.807) is 58.0 Å². The van der Waals surface area contributed by atoms with Crippen molar-refractivity contribution in [3.8, 4) is 5.75 Å². The smallest absolute Gasteiger partial charge is 0.326 e. The van der Waals surface area contributed by atoms with Gasteiger partial charge in [0.2, 0.25) is 53.2 Å². The number of hydrogen-bond acceptors (Lipinski definition) is 13. The number of carbonyl (C=O) groups is 10. The summed E-state index contributed by atoms with van der Waals surface area (Å²) >= 11 is 0. The number of rotatable bonds is 31. The van der Waals surface area contributed by atoms with Crippen LogP contribution in [0, 0.1) is 17.8 Å². The maximum absolute atomic E-state index is 14.4. The van der Waals surface area contributed by atoms with Gasteiger partial charge in [-0.05, 0) is 73.6 Å². The summed E-state index contributed by atoms with van der Waals surface area (Å²) in [5.74, 6) is -9.07. The maximum Gasteiger partial charge on any atom is 0.326 e. The Kier molecular flexibility index (Phi) is 26.5. The Balaban J connectivity index is 1.80. The number of nitrogens with zero attached hydrogens (tertiary/aromatic N) is 2. The van der Waals surface area contributed by atoms with Gasteiger partial charge in [-0.15, -0.1) is 0 Å². The van der Waals surface area contributed by atoms with E-state index >= 15 is 0 Å². The number of hydrogen-bond donors (Lipinski definition) is 13. The zero-order chi connectivity index (χ0) is 58.2. The van der Waals surface area contributed by atoms with Crippen LogP contribution in [0.2, 0.25) is 0 Å². The lowest BCUT2D eigenvalue weighted by Gasteiger charge is -2.29. The molecule has 78 heavy (non-hydrogen) atoms. The molecular weight excluding hydrogens is 1010 g/mol. The molecule has 25 nitrogen and oxygen atoms in total. The van der Waals surface area contributed by atoms with Gasteiger partial charge >= 0.3 is 5.97 Å². The highest BCUT2D eigenvalue weighted by Gasteiger charge is 2.37. The number of amides is 9. The number of phenolic OH excluding ortho intramolecular Hbond substituents is 1. The molecule has 0 saturated carbocycles. The number of carboxylic acids is 1. The van der Waals surface area contributed by atoms with Gasteiger partial charge in [-0.1, -0.05) is 96.8 Å². The van der Waals surface area contributed by atoms with E-state index in [9.17, 15) is 58.2 Å². The Labute approximate surface area is 455 Å². The fourth-order valence-corrected chi connectivity index (χ4v) is 8.33. The predicted molar refractivity (Wildman–Crippen MR) is 289 cm³/mol. The number of likely N-dealkylation sites (tertiary alicyclic amines) is 1. The average molecular weight is 1090 g/mol. The minimum absolute atomic E-state index is 0.0329. The van der Waals surface area contributed by atoms with Crippen LogP contribution in [-0.2, 0) is 60.8 Å². The van der Waals surface area contributed by atoms with Gasteiger partial charge < -0.3 is 74.8 Å². The largest absolute Gasteiger partial charge is 0.508 e. The van der Waals surface area contributed by atoms with E-state index in [-0.39, 0.29) is 62.9 Å². The molecule has 1 aliphatic heterocycles. The summed E-state index contributed by atoms with van der Waals surface area (Å²) < 4.78 is 0. The number of aliphatic imine (C=N–C) groups is 1. The third-order valence-electron chi connectivity index (χ3n) is 13.6. The van der Waals surface area contributed by atoms with Crippen LogP contribution < -0.4 is 59.7 Å². The first-order valence-corrected chi connectivity index (χ1v) is 26.4. The second kappa shape index (κ2) is 32.0. The van der Waals surface area contributed by atoms with Crippen LogP contribution in [0.15, 0.2) is 59.6 Å².